The van der Waals surface area contributed by atoms with E-state index in [2.05, 4.69) is 5.32 Å². The molecule has 1 saturated carbocycles. The number of hydrogen-bond donors (Lipinski definition) is 1. The van der Waals surface area contributed by atoms with Crippen molar-refractivity contribution < 1.29 is 27.5 Å². The summed E-state index contributed by atoms with van der Waals surface area (Å²) in [6, 6.07) is 5.24. The van der Waals surface area contributed by atoms with Gasteiger partial charge in [0.05, 0.1) is 12.0 Å². The van der Waals surface area contributed by atoms with E-state index in [0.29, 0.717) is 18.6 Å². The molecule has 0 bridgehead atoms. The molecule has 1 heterocycles. The first-order chi connectivity index (χ1) is 12.8. The van der Waals surface area contributed by atoms with E-state index in [1.165, 1.54) is 26.2 Å². The van der Waals surface area contributed by atoms with Crippen molar-refractivity contribution in [3.8, 4) is 5.75 Å². The number of rotatable bonds is 7. The number of methoxy groups -OCH3 is 1. The van der Waals surface area contributed by atoms with Gasteiger partial charge >= 0.3 is 5.97 Å². The van der Waals surface area contributed by atoms with Crippen LogP contribution in [0.15, 0.2) is 29.2 Å². The van der Waals surface area contributed by atoms with E-state index < -0.39 is 28.1 Å². The highest BCUT2D eigenvalue weighted by Gasteiger charge is 2.41. The highest BCUT2D eigenvalue weighted by Crippen LogP contribution is 2.28. The van der Waals surface area contributed by atoms with Crippen LogP contribution in [0.1, 0.15) is 32.6 Å². The van der Waals surface area contributed by atoms with E-state index in [0.717, 1.165) is 17.1 Å². The van der Waals surface area contributed by atoms with Crippen molar-refractivity contribution in [1.82, 2.24) is 9.62 Å². The van der Waals surface area contributed by atoms with Crippen molar-refractivity contribution in [3.63, 3.8) is 0 Å². The van der Waals surface area contributed by atoms with E-state index in [-0.39, 0.29) is 23.4 Å². The molecule has 1 amide bonds. The molecule has 0 aromatic heterocycles. The third-order valence-electron chi connectivity index (χ3n) is 4.73. The number of carbonyl (C=O) groups excluding carboxylic acids is 2. The van der Waals surface area contributed by atoms with E-state index in [1.807, 2.05) is 0 Å². The minimum atomic E-state index is -3.85. The monoisotopic (exact) mass is 396 g/mol. The Hall–Kier alpha value is -2.13. The smallest absolute Gasteiger partial charge is 0.325 e. The molecular weight excluding hydrogens is 372 g/mol. The summed E-state index contributed by atoms with van der Waals surface area (Å²) in [7, 11) is -2.35. The van der Waals surface area contributed by atoms with Gasteiger partial charge in [0.1, 0.15) is 11.8 Å². The predicted molar refractivity (Wildman–Crippen MR) is 96.6 cm³/mol. The molecule has 1 saturated heterocycles. The van der Waals surface area contributed by atoms with Crippen LogP contribution in [-0.4, -0.2) is 56.4 Å². The quantitative estimate of drug-likeness (QED) is 0.692. The number of nitrogens with one attached hydrogen (secondary N) is 1. The lowest BCUT2D eigenvalue weighted by atomic mass is 10.2. The van der Waals surface area contributed by atoms with Gasteiger partial charge < -0.3 is 14.8 Å². The van der Waals surface area contributed by atoms with Gasteiger partial charge in [-0.05, 0) is 56.9 Å². The molecule has 2 aliphatic rings. The van der Waals surface area contributed by atoms with Crippen LogP contribution in [0.5, 0.6) is 5.75 Å². The molecule has 1 N–H and O–H groups in total. The topological polar surface area (TPSA) is 102 Å². The Morgan fingerprint density at radius 3 is 2.44 bits per heavy atom. The third kappa shape index (κ3) is 4.41. The van der Waals surface area contributed by atoms with Gasteiger partial charge in [0.2, 0.25) is 10.0 Å². The van der Waals surface area contributed by atoms with Crippen LogP contribution in [0.2, 0.25) is 0 Å². The molecule has 3 rings (SSSR count). The first kappa shape index (κ1) is 19.6. The van der Waals surface area contributed by atoms with Crippen molar-refractivity contribution in [3.05, 3.63) is 24.3 Å². The van der Waals surface area contributed by atoms with Gasteiger partial charge in [-0.15, -0.1) is 0 Å². The summed E-state index contributed by atoms with van der Waals surface area (Å²) in [5.74, 6) is -0.502. The molecule has 8 nitrogen and oxygen atoms in total. The van der Waals surface area contributed by atoms with E-state index in [4.69, 9.17) is 9.47 Å². The SMILES string of the molecule is COc1ccc(S(=O)(=O)N2CCC[C@H]2C(=O)O[C@H](C)C(=O)NC2CC2)cc1. The fourth-order valence-corrected chi connectivity index (χ4v) is 4.65. The number of sulfonamides is 1. The largest absolute Gasteiger partial charge is 0.497 e. The van der Waals surface area contributed by atoms with E-state index in [1.54, 1.807) is 12.1 Å². The fourth-order valence-electron chi connectivity index (χ4n) is 3.00. The lowest BCUT2D eigenvalue weighted by Gasteiger charge is -2.24. The van der Waals surface area contributed by atoms with E-state index in [9.17, 15) is 18.0 Å². The van der Waals surface area contributed by atoms with Crippen LogP contribution < -0.4 is 10.1 Å². The normalized spacial score (nSPS) is 21.5. The Bertz CT molecular complexity index is 804. The van der Waals surface area contributed by atoms with Crippen LogP contribution in [-0.2, 0) is 24.3 Å². The Balaban J connectivity index is 1.69. The summed E-state index contributed by atoms with van der Waals surface area (Å²) in [5, 5.41) is 2.77. The highest BCUT2D eigenvalue weighted by atomic mass is 32.2. The average Bonchev–Trinajstić information content (AvgIpc) is 3.32. The number of esters is 1. The van der Waals surface area contributed by atoms with Crippen molar-refractivity contribution in [2.24, 2.45) is 0 Å². The standard InChI is InChI=1S/C18H24N2O6S/c1-12(17(21)19-13-5-6-13)26-18(22)16-4-3-11-20(16)27(23,24)15-9-7-14(25-2)8-10-15/h7-10,12-13,16H,3-6,11H2,1-2H3,(H,19,21)/t12-,16+/m1/s1. The Morgan fingerprint density at radius 1 is 1.19 bits per heavy atom. The van der Waals surface area contributed by atoms with Crippen molar-refractivity contribution in [2.75, 3.05) is 13.7 Å². The maximum atomic E-state index is 12.9. The van der Waals surface area contributed by atoms with Gasteiger partial charge in [0, 0.05) is 12.6 Å². The van der Waals surface area contributed by atoms with Gasteiger partial charge in [-0.3, -0.25) is 9.59 Å². The molecule has 1 aliphatic heterocycles. The second-order valence-corrected chi connectivity index (χ2v) is 8.70. The maximum Gasteiger partial charge on any atom is 0.325 e. The summed E-state index contributed by atoms with van der Waals surface area (Å²) < 4.78 is 37.3. The molecule has 9 heteroatoms. The van der Waals surface area contributed by atoms with Crippen LogP contribution >= 0.6 is 0 Å². The van der Waals surface area contributed by atoms with Gasteiger partial charge in [-0.2, -0.15) is 4.31 Å². The number of carbonyl (C=O) groups is 2. The second kappa shape index (κ2) is 7.85. The molecule has 1 aromatic rings. The molecule has 0 spiro atoms. The van der Waals surface area contributed by atoms with Gasteiger partial charge in [-0.1, -0.05) is 0 Å². The van der Waals surface area contributed by atoms with Crippen LogP contribution in [0.25, 0.3) is 0 Å². The molecule has 1 aliphatic carbocycles. The van der Waals surface area contributed by atoms with Crippen molar-refractivity contribution in [1.29, 1.82) is 0 Å². The average molecular weight is 396 g/mol. The summed E-state index contributed by atoms with van der Waals surface area (Å²) in [5.41, 5.74) is 0. The van der Waals surface area contributed by atoms with Crippen LogP contribution in [0, 0.1) is 0 Å². The first-order valence-electron chi connectivity index (χ1n) is 8.99. The zero-order valence-electron chi connectivity index (χ0n) is 15.4. The Kier molecular flexibility index (Phi) is 5.71. The molecule has 148 valence electrons. The molecule has 2 atom stereocenters. The lowest BCUT2D eigenvalue weighted by molar-refractivity contribution is -0.157. The molecule has 27 heavy (non-hydrogen) atoms. The summed E-state index contributed by atoms with van der Waals surface area (Å²) in [6.07, 6.45) is 1.83. The lowest BCUT2D eigenvalue weighted by Crippen LogP contribution is -2.44. The molecular formula is C18H24N2O6S. The number of nitrogens with zero attached hydrogens (tertiary/aromatic N) is 1. The Labute approximate surface area is 158 Å². The van der Waals surface area contributed by atoms with Crippen LogP contribution in [0.3, 0.4) is 0 Å². The second-order valence-electron chi connectivity index (χ2n) is 6.81. The molecule has 1 aromatic carbocycles. The van der Waals surface area contributed by atoms with Crippen LogP contribution in [0.4, 0.5) is 0 Å². The Morgan fingerprint density at radius 2 is 1.85 bits per heavy atom. The van der Waals surface area contributed by atoms with Gasteiger partial charge in [0.25, 0.3) is 5.91 Å². The van der Waals surface area contributed by atoms with Crippen molar-refractivity contribution in [2.45, 2.75) is 55.7 Å². The number of ether oxygens (including phenoxy) is 2. The van der Waals surface area contributed by atoms with E-state index >= 15 is 0 Å². The molecule has 0 unspecified atom stereocenters. The fraction of sp³-hybridized carbons (Fsp3) is 0.556. The summed E-state index contributed by atoms with van der Waals surface area (Å²) in [6.45, 7) is 1.73. The number of benzene rings is 1. The van der Waals surface area contributed by atoms with Gasteiger partial charge in [-0.25, -0.2) is 8.42 Å². The van der Waals surface area contributed by atoms with Gasteiger partial charge in [0.15, 0.2) is 6.10 Å². The summed E-state index contributed by atoms with van der Waals surface area (Å²) in [4.78, 5) is 24.6. The minimum Gasteiger partial charge on any atom is -0.497 e. The number of amides is 1. The molecule has 0 radical (unpaired) electrons. The van der Waals surface area contributed by atoms with Crippen molar-refractivity contribution >= 4 is 21.9 Å². The number of hydrogen-bond acceptors (Lipinski definition) is 6. The third-order valence-corrected chi connectivity index (χ3v) is 6.65. The maximum absolute atomic E-state index is 12.9. The zero-order chi connectivity index (χ0) is 19.6. The first-order valence-corrected chi connectivity index (χ1v) is 10.4. The zero-order valence-corrected chi connectivity index (χ0v) is 16.2. The summed E-state index contributed by atoms with van der Waals surface area (Å²) >= 11 is 0. The minimum absolute atomic E-state index is 0.0857. The predicted octanol–water partition coefficient (Wildman–Crippen LogP) is 1.06. The highest BCUT2D eigenvalue weighted by molar-refractivity contribution is 7.89. The molecule has 2 fully saturated rings.